The summed E-state index contributed by atoms with van der Waals surface area (Å²) in [5.41, 5.74) is -0.320. The monoisotopic (exact) mass is 228 g/mol. The summed E-state index contributed by atoms with van der Waals surface area (Å²) >= 11 is 0. The van der Waals surface area contributed by atoms with E-state index in [0.717, 1.165) is 25.9 Å². The van der Waals surface area contributed by atoms with Gasteiger partial charge in [0.1, 0.15) is 12.7 Å². The summed E-state index contributed by atoms with van der Waals surface area (Å²) < 4.78 is 10.3. The van der Waals surface area contributed by atoms with Crippen LogP contribution in [0.2, 0.25) is 0 Å². The van der Waals surface area contributed by atoms with Crippen molar-refractivity contribution in [3.05, 3.63) is 0 Å². The first-order valence-corrected chi connectivity index (χ1v) is 6.26. The maximum Gasteiger partial charge on any atom is 0.311 e. The number of ether oxygens (including phenoxy) is 2. The van der Waals surface area contributed by atoms with Gasteiger partial charge in [-0.2, -0.15) is 0 Å². The van der Waals surface area contributed by atoms with Gasteiger partial charge in [0, 0.05) is 0 Å². The van der Waals surface area contributed by atoms with E-state index in [0.29, 0.717) is 12.5 Å². The number of rotatable bonds is 7. The summed E-state index contributed by atoms with van der Waals surface area (Å²) in [6.07, 6.45) is 2.98. The van der Waals surface area contributed by atoms with Gasteiger partial charge in [-0.3, -0.25) is 4.79 Å². The maximum absolute atomic E-state index is 12.0. The van der Waals surface area contributed by atoms with Gasteiger partial charge in [-0.1, -0.05) is 20.8 Å². The third-order valence-corrected chi connectivity index (χ3v) is 3.35. The molecule has 0 spiro atoms. The summed E-state index contributed by atoms with van der Waals surface area (Å²) in [6.45, 7) is 9.58. The molecule has 0 bridgehead atoms. The van der Waals surface area contributed by atoms with E-state index in [1.54, 1.807) is 0 Å². The third-order valence-electron chi connectivity index (χ3n) is 3.35. The van der Waals surface area contributed by atoms with E-state index in [2.05, 4.69) is 20.8 Å². The van der Waals surface area contributed by atoms with Crippen molar-refractivity contribution in [3.8, 4) is 0 Å². The zero-order valence-corrected chi connectivity index (χ0v) is 10.9. The molecule has 0 saturated carbocycles. The molecular weight excluding hydrogens is 204 g/mol. The molecule has 0 aromatic carbocycles. The Balaban J connectivity index is 2.37. The van der Waals surface area contributed by atoms with E-state index in [-0.39, 0.29) is 17.5 Å². The van der Waals surface area contributed by atoms with Crippen LogP contribution in [0.3, 0.4) is 0 Å². The van der Waals surface area contributed by atoms with Crippen molar-refractivity contribution in [2.24, 2.45) is 11.3 Å². The molecule has 3 nitrogen and oxygen atoms in total. The van der Waals surface area contributed by atoms with Crippen molar-refractivity contribution in [2.75, 3.05) is 13.2 Å². The Morgan fingerprint density at radius 3 is 2.62 bits per heavy atom. The van der Waals surface area contributed by atoms with Gasteiger partial charge < -0.3 is 9.47 Å². The molecule has 0 aliphatic carbocycles. The van der Waals surface area contributed by atoms with Crippen molar-refractivity contribution in [2.45, 2.75) is 53.1 Å². The summed E-state index contributed by atoms with van der Waals surface area (Å²) in [6, 6.07) is 0. The molecule has 0 amide bonds. The van der Waals surface area contributed by atoms with Crippen LogP contribution in [0.1, 0.15) is 47.0 Å². The molecule has 1 aliphatic heterocycles. The van der Waals surface area contributed by atoms with E-state index in [9.17, 15) is 4.79 Å². The van der Waals surface area contributed by atoms with Crippen LogP contribution in [0.15, 0.2) is 0 Å². The zero-order chi connectivity index (χ0) is 12.2. The fraction of sp³-hybridized carbons (Fsp3) is 0.923. The lowest BCUT2D eigenvalue weighted by Crippen LogP contribution is -2.30. The molecule has 94 valence electrons. The number of carbonyl (C=O) groups is 1. The minimum atomic E-state index is -0.320. The molecule has 0 unspecified atom stereocenters. The molecule has 3 heteroatoms. The Bertz CT molecular complexity index is 233. The predicted molar refractivity (Wildman–Crippen MR) is 63.2 cm³/mol. The van der Waals surface area contributed by atoms with Crippen LogP contribution in [0, 0.1) is 11.3 Å². The number of carbonyl (C=O) groups excluding carboxylic acids is 1. The lowest BCUT2D eigenvalue weighted by Gasteiger charge is -2.26. The first kappa shape index (κ1) is 13.5. The number of esters is 1. The second-order valence-corrected chi connectivity index (χ2v) is 5.40. The van der Waals surface area contributed by atoms with Crippen molar-refractivity contribution < 1.29 is 14.3 Å². The lowest BCUT2D eigenvalue weighted by molar-refractivity contribution is -0.156. The van der Waals surface area contributed by atoms with Crippen LogP contribution < -0.4 is 0 Å². The van der Waals surface area contributed by atoms with Gasteiger partial charge in [-0.25, -0.2) is 0 Å². The highest BCUT2D eigenvalue weighted by atomic mass is 16.6. The van der Waals surface area contributed by atoms with Crippen molar-refractivity contribution in [1.29, 1.82) is 0 Å². The molecular formula is C13H24O3. The van der Waals surface area contributed by atoms with Crippen LogP contribution in [-0.2, 0) is 14.3 Å². The molecule has 0 aromatic rings. The molecule has 0 N–H and O–H groups in total. The van der Waals surface area contributed by atoms with Crippen LogP contribution in [-0.4, -0.2) is 25.3 Å². The average Bonchev–Trinajstić information content (AvgIpc) is 3.06. The van der Waals surface area contributed by atoms with Crippen molar-refractivity contribution >= 4 is 5.97 Å². The summed E-state index contributed by atoms with van der Waals surface area (Å²) in [7, 11) is 0. The zero-order valence-electron chi connectivity index (χ0n) is 10.9. The lowest BCUT2D eigenvalue weighted by atomic mass is 9.81. The minimum absolute atomic E-state index is 0.0637. The van der Waals surface area contributed by atoms with Gasteiger partial charge in [-0.15, -0.1) is 0 Å². The van der Waals surface area contributed by atoms with E-state index in [1.807, 2.05) is 6.92 Å². The molecule has 0 aromatic heterocycles. The normalized spacial score (nSPS) is 22.9. The van der Waals surface area contributed by atoms with Crippen LogP contribution in [0.4, 0.5) is 0 Å². The second-order valence-electron chi connectivity index (χ2n) is 5.40. The van der Waals surface area contributed by atoms with Crippen molar-refractivity contribution in [3.63, 3.8) is 0 Å². The molecule has 1 heterocycles. The number of hydrogen-bond donors (Lipinski definition) is 0. The van der Waals surface area contributed by atoms with E-state index in [1.165, 1.54) is 0 Å². The third kappa shape index (κ3) is 4.12. The number of epoxide rings is 1. The maximum atomic E-state index is 12.0. The quantitative estimate of drug-likeness (QED) is 0.497. The molecule has 1 aliphatic rings. The van der Waals surface area contributed by atoms with Gasteiger partial charge >= 0.3 is 5.97 Å². The van der Waals surface area contributed by atoms with Gasteiger partial charge in [0.2, 0.25) is 0 Å². The highest BCUT2D eigenvalue weighted by molar-refractivity contribution is 5.76. The first-order valence-electron chi connectivity index (χ1n) is 6.26. The number of hydrogen-bond acceptors (Lipinski definition) is 3. The Kier molecular flexibility index (Phi) is 4.78. The fourth-order valence-corrected chi connectivity index (χ4v) is 1.54. The fourth-order valence-electron chi connectivity index (χ4n) is 1.54. The van der Waals surface area contributed by atoms with Gasteiger partial charge in [-0.05, 0) is 32.1 Å². The van der Waals surface area contributed by atoms with Gasteiger partial charge in [0.05, 0.1) is 12.0 Å². The average molecular weight is 228 g/mol. The molecule has 2 atom stereocenters. The highest BCUT2D eigenvalue weighted by Gasteiger charge is 2.34. The Morgan fingerprint density at radius 2 is 2.19 bits per heavy atom. The summed E-state index contributed by atoms with van der Waals surface area (Å²) in [4.78, 5) is 12.0. The molecule has 16 heavy (non-hydrogen) atoms. The molecule has 1 rings (SSSR count). The standard InChI is InChI=1S/C13H24O3/c1-5-13(4,7-6-10(2)3)12(14)16-9-11-8-15-11/h10-11H,5-9H2,1-4H3/t11-,13-/m1/s1. The van der Waals surface area contributed by atoms with Crippen molar-refractivity contribution in [1.82, 2.24) is 0 Å². The Labute approximate surface area is 98.5 Å². The van der Waals surface area contributed by atoms with E-state index >= 15 is 0 Å². The van der Waals surface area contributed by atoms with Gasteiger partial charge in [0.25, 0.3) is 0 Å². The molecule has 0 radical (unpaired) electrons. The van der Waals surface area contributed by atoms with Crippen LogP contribution >= 0.6 is 0 Å². The SMILES string of the molecule is CC[C@](C)(CCC(C)C)C(=O)OC[C@H]1CO1. The summed E-state index contributed by atoms with van der Waals surface area (Å²) in [5.74, 6) is 0.566. The topological polar surface area (TPSA) is 38.8 Å². The van der Waals surface area contributed by atoms with Crippen LogP contribution in [0.25, 0.3) is 0 Å². The van der Waals surface area contributed by atoms with E-state index in [4.69, 9.17) is 9.47 Å². The highest BCUT2D eigenvalue weighted by Crippen LogP contribution is 2.31. The Hall–Kier alpha value is -0.570. The minimum Gasteiger partial charge on any atom is -0.462 e. The van der Waals surface area contributed by atoms with Crippen LogP contribution in [0.5, 0.6) is 0 Å². The predicted octanol–water partition coefficient (Wildman–Crippen LogP) is 2.78. The largest absolute Gasteiger partial charge is 0.462 e. The smallest absolute Gasteiger partial charge is 0.311 e. The molecule has 1 saturated heterocycles. The summed E-state index contributed by atoms with van der Waals surface area (Å²) in [5, 5.41) is 0. The van der Waals surface area contributed by atoms with E-state index < -0.39 is 0 Å². The molecule has 1 fully saturated rings. The first-order chi connectivity index (χ1) is 7.48. The second kappa shape index (κ2) is 5.67. The van der Waals surface area contributed by atoms with Gasteiger partial charge in [0.15, 0.2) is 0 Å². The Morgan fingerprint density at radius 1 is 1.56 bits per heavy atom.